The number of amides is 2. The number of nitrogens with zero attached hydrogens (tertiary/aromatic N) is 2. The molecule has 2 N–H and O–H groups in total. The monoisotopic (exact) mass is 444 g/mol. The van der Waals surface area contributed by atoms with Gasteiger partial charge in [0.1, 0.15) is 12.4 Å². The van der Waals surface area contributed by atoms with E-state index in [4.69, 9.17) is 0 Å². The van der Waals surface area contributed by atoms with Crippen LogP contribution in [0.15, 0.2) is 72.8 Å². The number of carbonyl (C=O) groups excluding carboxylic acids is 2. The lowest BCUT2D eigenvalue weighted by Crippen LogP contribution is -2.41. The van der Waals surface area contributed by atoms with Gasteiger partial charge in [0.25, 0.3) is 0 Å². The average molecular weight is 445 g/mol. The summed E-state index contributed by atoms with van der Waals surface area (Å²) in [7, 11) is 0. The Labute approximate surface area is 192 Å². The van der Waals surface area contributed by atoms with E-state index in [9.17, 15) is 14.0 Å². The topological polar surface area (TPSA) is 64.7 Å². The van der Waals surface area contributed by atoms with Crippen LogP contribution in [0.2, 0.25) is 0 Å². The molecule has 0 bridgehead atoms. The zero-order valence-corrected chi connectivity index (χ0v) is 18.3. The van der Waals surface area contributed by atoms with Crippen LogP contribution in [-0.2, 0) is 16.1 Å². The minimum atomic E-state index is -0.333. The Morgan fingerprint density at radius 1 is 1.09 bits per heavy atom. The van der Waals surface area contributed by atoms with E-state index >= 15 is 0 Å². The van der Waals surface area contributed by atoms with E-state index in [-0.39, 0.29) is 36.1 Å². The number of fused-ring (bicyclic) bond motifs is 3. The Kier molecular flexibility index (Phi) is 5.56. The molecule has 2 aliphatic heterocycles. The Morgan fingerprint density at radius 3 is 2.67 bits per heavy atom. The van der Waals surface area contributed by atoms with Crippen LogP contribution < -0.4 is 15.6 Å². The van der Waals surface area contributed by atoms with Gasteiger partial charge in [0.2, 0.25) is 11.8 Å². The molecule has 168 valence electrons. The Bertz CT molecular complexity index is 1200. The summed E-state index contributed by atoms with van der Waals surface area (Å²) >= 11 is 0. The summed E-state index contributed by atoms with van der Waals surface area (Å²) in [6.07, 6.45) is 0. The second-order valence-electron chi connectivity index (χ2n) is 8.62. The van der Waals surface area contributed by atoms with Crippen molar-refractivity contribution >= 4 is 23.2 Å². The van der Waals surface area contributed by atoms with Crippen LogP contribution in [0, 0.1) is 18.7 Å². The number of nitrogens with one attached hydrogen (secondary N) is 2. The second kappa shape index (κ2) is 8.67. The van der Waals surface area contributed by atoms with Crippen LogP contribution in [0.5, 0.6) is 0 Å². The van der Waals surface area contributed by atoms with E-state index in [1.165, 1.54) is 17.1 Å². The maximum Gasteiger partial charge on any atom is 0.245 e. The first kappa shape index (κ1) is 21.2. The van der Waals surface area contributed by atoms with Crippen molar-refractivity contribution in [2.75, 3.05) is 23.3 Å². The smallest absolute Gasteiger partial charge is 0.245 e. The molecule has 6 nitrogen and oxygen atoms in total. The Hall–Kier alpha value is -3.71. The number of aryl methyl sites for hydroxylation is 1. The van der Waals surface area contributed by atoms with Crippen LogP contribution in [0.3, 0.4) is 0 Å². The highest BCUT2D eigenvalue weighted by Gasteiger charge is 2.46. The lowest BCUT2D eigenvalue weighted by Gasteiger charge is -2.36. The Balaban J connectivity index is 1.33. The first-order valence-electron chi connectivity index (χ1n) is 11.0. The third-order valence-corrected chi connectivity index (χ3v) is 6.21. The zero-order valence-electron chi connectivity index (χ0n) is 18.3. The van der Waals surface area contributed by atoms with Crippen molar-refractivity contribution in [1.29, 1.82) is 0 Å². The first-order valence-corrected chi connectivity index (χ1v) is 11.0. The van der Waals surface area contributed by atoms with Crippen LogP contribution in [0.4, 0.5) is 15.8 Å². The molecule has 0 aromatic heterocycles. The van der Waals surface area contributed by atoms with E-state index in [2.05, 4.69) is 15.6 Å². The molecule has 2 aliphatic rings. The van der Waals surface area contributed by atoms with Gasteiger partial charge < -0.3 is 10.2 Å². The maximum absolute atomic E-state index is 13.7. The molecule has 2 amide bonds. The number of hydrogen-bond acceptors (Lipinski definition) is 4. The number of hydrogen-bond donors (Lipinski definition) is 2. The van der Waals surface area contributed by atoms with E-state index in [0.29, 0.717) is 18.8 Å². The van der Waals surface area contributed by atoms with Gasteiger partial charge in [-0.15, -0.1) is 0 Å². The number of para-hydroxylation sites is 1. The molecule has 3 aromatic carbocycles. The van der Waals surface area contributed by atoms with Crippen molar-refractivity contribution in [3.05, 3.63) is 95.3 Å². The lowest BCUT2D eigenvalue weighted by atomic mass is 9.88. The van der Waals surface area contributed by atoms with Crippen molar-refractivity contribution in [1.82, 2.24) is 10.4 Å². The predicted octanol–water partition coefficient (Wildman–Crippen LogP) is 3.80. The van der Waals surface area contributed by atoms with Gasteiger partial charge in [-0.2, -0.15) is 0 Å². The molecular weight excluding hydrogens is 419 g/mol. The molecule has 33 heavy (non-hydrogen) atoms. The molecule has 2 atom stereocenters. The van der Waals surface area contributed by atoms with Crippen molar-refractivity contribution in [3.8, 4) is 0 Å². The molecule has 0 spiro atoms. The molecule has 1 fully saturated rings. The minimum Gasteiger partial charge on any atom is -0.366 e. The number of halogens is 1. The van der Waals surface area contributed by atoms with Gasteiger partial charge in [0.05, 0.1) is 12.0 Å². The van der Waals surface area contributed by atoms with Crippen LogP contribution in [0.1, 0.15) is 22.7 Å². The quantitative estimate of drug-likeness (QED) is 0.629. The highest BCUT2D eigenvalue weighted by Crippen LogP contribution is 2.41. The van der Waals surface area contributed by atoms with Crippen molar-refractivity contribution < 1.29 is 14.0 Å². The van der Waals surface area contributed by atoms with Crippen LogP contribution in [-0.4, -0.2) is 29.9 Å². The zero-order chi connectivity index (χ0) is 22.9. The number of hydrazine groups is 1. The summed E-state index contributed by atoms with van der Waals surface area (Å²) in [5.41, 5.74) is 7.91. The molecule has 7 heteroatoms. The number of carbonyl (C=O) groups is 2. The van der Waals surface area contributed by atoms with Crippen molar-refractivity contribution in [3.63, 3.8) is 0 Å². The number of benzene rings is 3. The van der Waals surface area contributed by atoms with E-state index in [1.54, 1.807) is 6.07 Å². The van der Waals surface area contributed by atoms with Gasteiger partial charge in [-0.3, -0.25) is 14.6 Å². The molecule has 0 aliphatic carbocycles. The van der Waals surface area contributed by atoms with Gasteiger partial charge in [-0.05, 0) is 48.4 Å². The maximum atomic E-state index is 13.7. The summed E-state index contributed by atoms with van der Waals surface area (Å²) in [5.74, 6) is -0.985. The van der Waals surface area contributed by atoms with Gasteiger partial charge >= 0.3 is 0 Å². The molecule has 0 saturated carbocycles. The minimum absolute atomic E-state index is 0.0776. The van der Waals surface area contributed by atoms with Gasteiger partial charge in [0.15, 0.2) is 0 Å². The fraction of sp³-hybridized carbons (Fsp3) is 0.231. The molecule has 3 aromatic rings. The average Bonchev–Trinajstić information content (AvgIpc) is 3.11. The molecule has 2 heterocycles. The van der Waals surface area contributed by atoms with Crippen molar-refractivity contribution in [2.24, 2.45) is 5.92 Å². The normalized spacial score (nSPS) is 19.3. The highest BCUT2D eigenvalue weighted by molar-refractivity contribution is 5.95. The fourth-order valence-corrected chi connectivity index (χ4v) is 4.62. The van der Waals surface area contributed by atoms with E-state index in [1.807, 2.05) is 61.5 Å². The SMILES string of the molecule is Cc1ccc(NC(=O)CN2NC3c4ccccc4N(Cc4cccc(F)c4)CC3C2=O)cc1. The summed E-state index contributed by atoms with van der Waals surface area (Å²) in [4.78, 5) is 27.9. The molecule has 1 saturated heterocycles. The third-order valence-electron chi connectivity index (χ3n) is 6.21. The van der Waals surface area contributed by atoms with Gasteiger partial charge in [-0.1, -0.05) is 48.0 Å². The summed E-state index contributed by atoms with van der Waals surface area (Å²) in [6, 6.07) is 21.8. The fourth-order valence-electron chi connectivity index (χ4n) is 4.62. The summed E-state index contributed by atoms with van der Waals surface area (Å²) in [6.45, 7) is 2.89. The largest absolute Gasteiger partial charge is 0.366 e. The standard InChI is InChI=1S/C26H25FN4O2/c1-17-9-11-20(12-10-17)28-24(32)16-31-26(33)22-15-30(14-18-5-4-6-19(27)13-18)23-8-3-2-7-21(23)25(22)29-31/h2-13,22,25,29H,14-16H2,1H3,(H,28,32). The molecular formula is C26H25FN4O2. The number of anilines is 2. The van der Waals surface area contributed by atoms with E-state index < -0.39 is 0 Å². The molecule has 2 unspecified atom stereocenters. The van der Waals surface area contributed by atoms with Crippen LogP contribution >= 0.6 is 0 Å². The number of rotatable bonds is 5. The van der Waals surface area contributed by atoms with Gasteiger partial charge in [0, 0.05) is 24.5 Å². The second-order valence-corrected chi connectivity index (χ2v) is 8.62. The van der Waals surface area contributed by atoms with Crippen molar-refractivity contribution in [2.45, 2.75) is 19.5 Å². The predicted molar refractivity (Wildman–Crippen MR) is 125 cm³/mol. The molecule has 5 rings (SSSR count). The highest BCUT2D eigenvalue weighted by atomic mass is 19.1. The molecule has 0 radical (unpaired) electrons. The first-order chi connectivity index (χ1) is 16.0. The Morgan fingerprint density at radius 2 is 1.88 bits per heavy atom. The third kappa shape index (κ3) is 4.32. The summed E-state index contributed by atoms with van der Waals surface area (Å²) < 4.78 is 13.7. The van der Waals surface area contributed by atoms with Crippen LogP contribution in [0.25, 0.3) is 0 Å². The van der Waals surface area contributed by atoms with Gasteiger partial charge in [-0.25, -0.2) is 9.82 Å². The summed E-state index contributed by atoms with van der Waals surface area (Å²) in [5, 5.41) is 4.26. The van der Waals surface area contributed by atoms with E-state index in [0.717, 1.165) is 22.4 Å². The lowest BCUT2D eigenvalue weighted by molar-refractivity contribution is -0.135.